The van der Waals surface area contributed by atoms with Crippen LogP contribution in [0.2, 0.25) is 0 Å². The molecule has 158 valence electrons. The average molecular weight is 416 g/mol. The summed E-state index contributed by atoms with van der Waals surface area (Å²) in [7, 11) is 1.77. The summed E-state index contributed by atoms with van der Waals surface area (Å²) in [6.07, 6.45) is -3.32. The summed E-state index contributed by atoms with van der Waals surface area (Å²) in [6, 6.07) is 13.1. The third-order valence-electron chi connectivity index (χ3n) is 6.40. The van der Waals surface area contributed by atoms with E-state index in [1.165, 1.54) is 12.1 Å². The molecule has 0 bridgehead atoms. The molecule has 2 aromatic carbocycles. The Morgan fingerprint density at radius 2 is 1.67 bits per heavy atom. The SMILES string of the molecule is CN1C(=O)C2(CCN(C(=O)CCc3ccccc3C(F)(F)F)CC2)c2ccccc21. The molecular formula is C23H23F3N2O2. The van der Waals surface area contributed by atoms with Gasteiger partial charge in [-0.05, 0) is 42.5 Å². The van der Waals surface area contributed by atoms with E-state index in [1.54, 1.807) is 22.9 Å². The highest BCUT2D eigenvalue weighted by Gasteiger charge is 2.51. The Labute approximate surface area is 173 Å². The van der Waals surface area contributed by atoms with Crippen LogP contribution in [0.15, 0.2) is 48.5 Å². The molecule has 4 rings (SSSR count). The normalized spacial score (nSPS) is 18.1. The predicted octanol–water partition coefficient (Wildman–Crippen LogP) is 4.17. The first kappa shape index (κ1) is 20.4. The number of halogens is 3. The van der Waals surface area contributed by atoms with Crippen LogP contribution in [-0.4, -0.2) is 36.9 Å². The zero-order valence-electron chi connectivity index (χ0n) is 16.7. The summed E-state index contributed by atoms with van der Waals surface area (Å²) < 4.78 is 39.5. The van der Waals surface area contributed by atoms with Gasteiger partial charge in [-0.3, -0.25) is 9.59 Å². The van der Waals surface area contributed by atoms with Gasteiger partial charge >= 0.3 is 6.18 Å². The van der Waals surface area contributed by atoms with E-state index in [2.05, 4.69) is 0 Å². The van der Waals surface area contributed by atoms with Crippen molar-refractivity contribution in [2.75, 3.05) is 25.0 Å². The number of carbonyl (C=O) groups is 2. The van der Waals surface area contributed by atoms with E-state index in [9.17, 15) is 22.8 Å². The van der Waals surface area contributed by atoms with E-state index in [4.69, 9.17) is 0 Å². The average Bonchev–Trinajstić information content (AvgIpc) is 2.94. The monoisotopic (exact) mass is 416 g/mol. The highest BCUT2D eigenvalue weighted by atomic mass is 19.4. The molecule has 0 aromatic heterocycles. The lowest BCUT2D eigenvalue weighted by atomic mass is 9.73. The van der Waals surface area contributed by atoms with Crippen molar-refractivity contribution >= 4 is 17.5 Å². The number of amides is 2. The molecule has 0 N–H and O–H groups in total. The quantitative estimate of drug-likeness (QED) is 0.754. The van der Waals surface area contributed by atoms with Crippen molar-refractivity contribution in [2.45, 2.75) is 37.3 Å². The maximum atomic E-state index is 13.2. The molecule has 1 saturated heterocycles. The molecule has 2 aromatic rings. The summed E-state index contributed by atoms with van der Waals surface area (Å²) >= 11 is 0. The molecule has 0 saturated carbocycles. The number of likely N-dealkylation sites (tertiary alicyclic amines) is 1. The summed E-state index contributed by atoms with van der Waals surface area (Å²) in [5, 5.41) is 0. The van der Waals surface area contributed by atoms with E-state index in [0.29, 0.717) is 25.9 Å². The predicted molar refractivity (Wildman–Crippen MR) is 107 cm³/mol. The van der Waals surface area contributed by atoms with Gasteiger partial charge in [-0.15, -0.1) is 0 Å². The van der Waals surface area contributed by atoms with Gasteiger partial charge in [-0.2, -0.15) is 13.2 Å². The Balaban J connectivity index is 1.42. The maximum absolute atomic E-state index is 13.2. The number of benzene rings is 2. The second kappa shape index (κ2) is 7.45. The zero-order valence-corrected chi connectivity index (χ0v) is 16.7. The van der Waals surface area contributed by atoms with E-state index in [-0.39, 0.29) is 30.2 Å². The van der Waals surface area contributed by atoms with Gasteiger partial charge in [0.1, 0.15) is 0 Å². The first-order valence-corrected chi connectivity index (χ1v) is 10.0. The van der Waals surface area contributed by atoms with E-state index in [0.717, 1.165) is 17.3 Å². The Hall–Kier alpha value is -2.83. The van der Waals surface area contributed by atoms with Crippen molar-refractivity contribution in [1.82, 2.24) is 4.90 Å². The lowest BCUT2D eigenvalue weighted by Crippen LogP contribution is -2.49. The van der Waals surface area contributed by atoms with Crippen LogP contribution in [0.4, 0.5) is 18.9 Å². The van der Waals surface area contributed by atoms with Crippen molar-refractivity contribution in [3.8, 4) is 0 Å². The number of carbonyl (C=O) groups excluding carboxylic acids is 2. The summed E-state index contributed by atoms with van der Waals surface area (Å²) in [6.45, 7) is 0.849. The zero-order chi connectivity index (χ0) is 21.5. The minimum Gasteiger partial charge on any atom is -0.343 e. The first-order chi connectivity index (χ1) is 14.2. The van der Waals surface area contributed by atoms with E-state index < -0.39 is 17.2 Å². The van der Waals surface area contributed by atoms with Gasteiger partial charge in [-0.1, -0.05) is 36.4 Å². The van der Waals surface area contributed by atoms with Crippen molar-refractivity contribution in [3.05, 3.63) is 65.2 Å². The molecule has 0 atom stereocenters. The van der Waals surface area contributed by atoms with Gasteiger partial charge in [0, 0.05) is 32.2 Å². The molecule has 2 aliphatic heterocycles. The molecule has 2 aliphatic rings. The fourth-order valence-electron chi connectivity index (χ4n) is 4.75. The van der Waals surface area contributed by atoms with Crippen LogP contribution in [0.25, 0.3) is 0 Å². The molecule has 4 nitrogen and oxygen atoms in total. The van der Waals surface area contributed by atoms with Crippen molar-refractivity contribution in [3.63, 3.8) is 0 Å². The minimum absolute atomic E-state index is 0.0184. The van der Waals surface area contributed by atoms with Gasteiger partial charge in [0.05, 0.1) is 11.0 Å². The number of likely N-dealkylation sites (N-methyl/N-ethyl adjacent to an activating group) is 1. The number of alkyl halides is 3. The molecule has 0 radical (unpaired) electrons. The van der Waals surface area contributed by atoms with Crippen molar-refractivity contribution < 1.29 is 22.8 Å². The molecule has 1 fully saturated rings. The summed E-state index contributed by atoms with van der Waals surface area (Å²) in [5.41, 5.74) is 0.750. The largest absolute Gasteiger partial charge is 0.416 e. The highest BCUT2D eigenvalue weighted by Crippen LogP contribution is 2.47. The van der Waals surface area contributed by atoms with Gasteiger partial charge in [0.2, 0.25) is 11.8 Å². The van der Waals surface area contributed by atoms with Crippen molar-refractivity contribution in [1.29, 1.82) is 0 Å². The van der Waals surface area contributed by atoms with Crippen LogP contribution >= 0.6 is 0 Å². The lowest BCUT2D eigenvalue weighted by Gasteiger charge is -2.38. The number of hydrogen-bond donors (Lipinski definition) is 0. The molecule has 30 heavy (non-hydrogen) atoms. The van der Waals surface area contributed by atoms with Crippen LogP contribution in [0.3, 0.4) is 0 Å². The van der Waals surface area contributed by atoms with Crippen LogP contribution < -0.4 is 4.90 Å². The van der Waals surface area contributed by atoms with Gasteiger partial charge in [-0.25, -0.2) is 0 Å². The molecule has 2 heterocycles. The van der Waals surface area contributed by atoms with Crippen LogP contribution in [-0.2, 0) is 27.6 Å². The van der Waals surface area contributed by atoms with Crippen LogP contribution in [0, 0.1) is 0 Å². The number of hydrogen-bond acceptors (Lipinski definition) is 2. The van der Waals surface area contributed by atoms with Gasteiger partial charge in [0.25, 0.3) is 0 Å². The molecule has 7 heteroatoms. The lowest BCUT2D eigenvalue weighted by molar-refractivity contribution is -0.139. The van der Waals surface area contributed by atoms with E-state index in [1.807, 2.05) is 24.3 Å². The van der Waals surface area contributed by atoms with Crippen LogP contribution in [0.5, 0.6) is 0 Å². The molecular weight excluding hydrogens is 393 g/mol. The molecule has 2 amide bonds. The van der Waals surface area contributed by atoms with E-state index >= 15 is 0 Å². The number of nitrogens with zero attached hydrogens (tertiary/aromatic N) is 2. The molecule has 0 aliphatic carbocycles. The van der Waals surface area contributed by atoms with Crippen LogP contribution in [0.1, 0.15) is 36.0 Å². The smallest absolute Gasteiger partial charge is 0.343 e. The topological polar surface area (TPSA) is 40.6 Å². The summed E-state index contributed by atoms with van der Waals surface area (Å²) in [5.74, 6) is -0.121. The Kier molecular flexibility index (Phi) is 5.08. The fourth-order valence-corrected chi connectivity index (χ4v) is 4.75. The first-order valence-electron chi connectivity index (χ1n) is 10.0. The Morgan fingerprint density at radius 1 is 1.03 bits per heavy atom. The standard InChI is InChI=1S/C23H23F3N2O2/c1-27-19-9-5-4-8-18(19)22(21(27)30)12-14-28(15-13-22)20(29)11-10-16-6-2-3-7-17(16)23(24,25)26/h2-9H,10-15H2,1H3. The van der Waals surface area contributed by atoms with Crippen molar-refractivity contribution in [2.24, 2.45) is 0 Å². The van der Waals surface area contributed by atoms with Gasteiger partial charge < -0.3 is 9.80 Å². The Bertz CT molecular complexity index is 978. The number of anilines is 1. The number of para-hydroxylation sites is 1. The maximum Gasteiger partial charge on any atom is 0.416 e. The Morgan fingerprint density at radius 3 is 2.37 bits per heavy atom. The number of rotatable bonds is 3. The number of fused-ring (bicyclic) bond motifs is 2. The second-order valence-corrected chi connectivity index (χ2v) is 8.00. The summed E-state index contributed by atoms with van der Waals surface area (Å²) in [4.78, 5) is 29.0. The highest BCUT2D eigenvalue weighted by molar-refractivity contribution is 6.07. The van der Waals surface area contributed by atoms with Gasteiger partial charge in [0.15, 0.2) is 0 Å². The molecule has 1 spiro atoms. The molecule has 0 unspecified atom stereocenters. The number of piperidine rings is 1. The second-order valence-electron chi connectivity index (χ2n) is 8.00. The minimum atomic E-state index is -4.43. The third kappa shape index (κ3) is 3.36. The third-order valence-corrected chi connectivity index (χ3v) is 6.40. The fraction of sp³-hybridized carbons (Fsp3) is 0.391. The number of aryl methyl sites for hydroxylation is 1.